The van der Waals surface area contributed by atoms with Crippen molar-refractivity contribution in [3.63, 3.8) is 0 Å². The average molecular weight is 490 g/mol. The summed E-state index contributed by atoms with van der Waals surface area (Å²) in [6.07, 6.45) is 1.75. The standard InChI is InChI=1S/C25H39N3O5Si/c1-25(2,3)34(7,8)33-12-11-28(17-23(26)29)16-18-9-10-27-20(13-18)19-14-21(30-4)24(32-6)22(15-19)31-5/h9-10,13-15H,11-12,16-17H2,1-8H3,(H2,26,29). The van der Waals surface area contributed by atoms with Gasteiger partial charge in [-0.05, 0) is 48.0 Å². The largest absolute Gasteiger partial charge is 0.493 e. The van der Waals surface area contributed by atoms with Crippen molar-refractivity contribution < 1.29 is 23.4 Å². The van der Waals surface area contributed by atoms with E-state index in [0.29, 0.717) is 36.9 Å². The van der Waals surface area contributed by atoms with E-state index in [1.807, 2.05) is 29.2 Å². The molecule has 0 spiro atoms. The highest BCUT2D eigenvalue weighted by Gasteiger charge is 2.37. The van der Waals surface area contributed by atoms with Crippen molar-refractivity contribution in [2.75, 3.05) is 41.0 Å². The molecule has 0 saturated carbocycles. The van der Waals surface area contributed by atoms with E-state index >= 15 is 0 Å². The van der Waals surface area contributed by atoms with Gasteiger partial charge in [-0.3, -0.25) is 14.7 Å². The number of carbonyl (C=O) groups excluding carboxylic acids is 1. The lowest BCUT2D eigenvalue weighted by Crippen LogP contribution is -2.43. The minimum Gasteiger partial charge on any atom is -0.493 e. The molecule has 0 aliphatic heterocycles. The first kappa shape index (κ1) is 27.6. The summed E-state index contributed by atoms with van der Waals surface area (Å²) in [5, 5.41) is 0.127. The van der Waals surface area contributed by atoms with Crippen LogP contribution < -0.4 is 19.9 Å². The third kappa shape index (κ3) is 7.19. The number of hydrogen-bond acceptors (Lipinski definition) is 7. The number of pyridine rings is 1. The second kappa shape index (κ2) is 11.7. The normalized spacial score (nSPS) is 12.0. The van der Waals surface area contributed by atoms with Crippen LogP contribution in [-0.4, -0.2) is 65.1 Å². The summed E-state index contributed by atoms with van der Waals surface area (Å²) in [6.45, 7) is 12.9. The molecule has 1 aromatic carbocycles. The van der Waals surface area contributed by atoms with E-state index in [-0.39, 0.29) is 17.5 Å². The molecule has 0 aliphatic carbocycles. The Morgan fingerprint density at radius 2 is 1.68 bits per heavy atom. The summed E-state index contributed by atoms with van der Waals surface area (Å²) in [5.74, 6) is 1.27. The predicted molar refractivity (Wildman–Crippen MR) is 137 cm³/mol. The number of nitrogens with zero attached hydrogens (tertiary/aromatic N) is 2. The minimum atomic E-state index is -1.87. The number of carbonyl (C=O) groups is 1. The molecule has 9 heteroatoms. The Hall–Kier alpha value is -2.62. The summed E-state index contributed by atoms with van der Waals surface area (Å²) in [6, 6.07) is 7.65. The minimum absolute atomic E-state index is 0.127. The zero-order chi connectivity index (χ0) is 25.5. The van der Waals surface area contributed by atoms with E-state index in [9.17, 15) is 4.79 Å². The molecule has 1 amide bonds. The van der Waals surface area contributed by atoms with Gasteiger partial charge in [-0.2, -0.15) is 0 Å². The Balaban J connectivity index is 2.23. The molecule has 0 saturated heterocycles. The molecule has 0 atom stereocenters. The number of benzene rings is 1. The molecule has 8 nitrogen and oxygen atoms in total. The van der Waals surface area contributed by atoms with Gasteiger partial charge < -0.3 is 24.4 Å². The number of aromatic nitrogens is 1. The summed E-state index contributed by atoms with van der Waals surface area (Å²) >= 11 is 0. The summed E-state index contributed by atoms with van der Waals surface area (Å²) in [4.78, 5) is 18.2. The van der Waals surface area contributed by atoms with E-state index in [4.69, 9.17) is 24.4 Å². The average Bonchev–Trinajstić information content (AvgIpc) is 2.76. The lowest BCUT2D eigenvalue weighted by atomic mass is 10.1. The van der Waals surface area contributed by atoms with Gasteiger partial charge in [0.05, 0.1) is 33.6 Å². The van der Waals surface area contributed by atoms with Gasteiger partial charge in [-0.15, -0.1) is 0 Å². The second-order valence-electron chi connectivity index (χ2n) is 9.75. The maximum absolute atomic E-state index is 11.7. The molecule has 188 valence electrons. The van der Waals surface area contributed by atoms with Gasteiger partial charge in [0.1, 0.15) is 0 Å². The Bertz CT molecular complexity index is 950. The van der Waals surface area contributed by atoms with Crippen molar-refractivity contribution >= 4 is 14.2 Å². The van der Waals surface area contributed by atoms with E-state index in [2.05, 4.69) is 38.8 Å². The molecule has 2 rings (SSSR count). The highest BCUT2D eigenvalue weighted by atomic mass is 28.4. The van der Waals surface area contributed by atoms with E-state index < -0.39 is 8.32 Å². The quantitative estimate of drug-likeness (QED) is 0.449. The summed E-state index contributed by atoms with van der Waals surface area (Å²) in [5.41, 5.74) is 8.12. The van der Waals surface area contributed by atoms with Gasteiger partial charge in [0, 0.05) is 31.5 Å². The first-order valence-corrected chi connectivity index (χ1v) is 14.2. The van der Waals surface area contributed by atoms with Crippen molar-refractivity contribution in [3.05, 3.63) is 36.0 Å². The molecule has 0 fully saturated rings. The van der Waals surface area contributed by atoms with Crippen LogP contribution in [0.3, 0.4) is 0 Å². The number of nitrogens with two attached hydrogens (primary N) is 1. The molecule has 0 bridgehead atoms. The molecule has 0 unspecified atom stereocenters. The fourth-order valence-corrected chi connectivity index (χ4v) is 4.33. The number of methoxy groups -OCH3 is 3. The topological polar surface area (TPSA) is 96.1 Å². The van der Waals surface area contributed by atoms with Crippen LogP contribution in [0.5, 0.6) is 17.2 Å². The molecule has 1 aromatic heterocycles. The van der Waals surface area contributed by atoms with Gasteiger partial charge in [0.2, 0.25) is 11.7 Å². The number of rotatable bonds is 12. The Labute approximate surface area is 204 Å². The summed E-state index contributed by atoms with van der Waals surface area (Å²) < 4.78 is 22.7. The molecule has 0 aliphatic rings. The third-order valence-corrected chi connectivity index (χ3v) is 10.8. The van der Waals surface area contributed by atoms with Crippen molar-refractivity contribution in [3.8, 4) is 28.5 Å². The Kier molecular flexibility index (Phi) is 9.49. The lowest BCUT2D eigenvalue weighted by molar-refractivity contribution is -0.119. The van der Waals surface area contributed by atoms with Crippen molar-refractivity contribution in [1.29, 1.82) is 0 Å². The fourth-order valence-electron chi connectivity index (χ4n) is 3.30. The van der Waals surface area contributed by atoms with Crippen LogP contribution in [0.4, 0.5) is 0 Å². The van der Waals surface area contributed by atoms with Gasteiger partial charge in [-0.1, -0.05) is 20.8 Å². The van der Waals surface area contributed by atoms with E-state index in [0.717, 1.165) is 16.8 Å². The molecule has 1 heterocycles. The Morgan fingerprint density at radius 3 is 2.18 bits per heavy atom. The van der Waals surface area contributed by atoms with E-state index in [1.54, 1.807) is 27.5 Å². The van der Waals surface area contributed by atoms with E-state index in [1.165, 1.54) is 0 Å². The first-order chi connectivity index (χ1) is 15.9. The van der Waals surface area contributed by atoms with Crippen LogP contribution in [0.1, 0.15) is 26.3 Å². The third-order valence-electron chi connectivity index (χ3n) is 6.25. The predicted octanol–water partition coefficient (Wildman–Crippen LogP) is 4.08. The first-order valence-electron chi connectivity index (χ1n) is 11.3. The monoisotopic (exact) mass is 489 g/mol. The van der Waals surface area contributed by atoms with Crippen molar-refractivity contribution in [2.24, 2.45) is 5.73 Å². The fraction of sp³-hybridized carbons (Fsp3) is 0.520. The van der Waals surface area contributed by atoms with Crippen LogP contribution in [-0.2, 0) is 15.8 Å². The second-order valence-corrected chi connectivity index (χ2v) is 14.6. The smallest absolute Gasteiger partial charge is 0.231 e. The number of ether oxygens (including phenoxy) is 3. The number of amides is 1. The van der Waals surface area contributed by atoms with Gasteiger partial charge in [-0.25, -0.2) is 0 Å². The van der Waals surface area contributed by atoms with Gasteiger partial charge >= 0.3 is 0 Å². The maximum Gasteiger partial charge on any atom is 0.231 e. The van der Waals surface area contributed by atoms with Crippen LogP contribution in [0.15, 0.2) is 30.5 Å². The van der Waals surface area contributed by atoms with Gasteiger partial charge in [0.25, 0.3) is 0 Å². The van der Waals surface area contributed by atoms with Gasteiger partial charge in [0.15, 0.2) is 19.8 Å². The number of hydrogen-bond donors (Lipinski definition) is 1. The highest BCUT2D eigenvalue weighted by molar-refractivity contribution is 6.74. The Morgan fingerprint density at radius 1 is 1.06 bits per heavy atom. The molecule has 34 heavy (non-hydrogen) atoms. The SMILES string of the molecule is COc1cc(-c2cc(CN(CCO[Si](C)(C)C(C)(C)C)CC(N)=O)ccn2)cc(OC)c1OC. The zero-order valence-electron chi connectivity index (χ0n) is 21.7. The van der Waals surface area contributed by atoms with Crippen molar-refractivity contribution in [2.45, 2.75) is 45.4 Å². The van der Waals surface area contributed by atoms with Crippen LogP contribution in [0, 0.1) is 0 Å². The molecule has 0 radical (unpaired) electrons. The molecule has 2 N–H and O–H groups in total. The van der Waals surface area contributed by atoms with Crippen molar-refractivity contribution in [1.82, 2.24) is 9.88 Å². The number of primary amides is 1. The summed E-state index contributed by atoms with van der Waals surface area (Å²) in [7, 11) is 2.86. The molecular weight excluding hydrogens is 450 g/mol. The molecular formula is C25H39N3O5Si. The molecule has 2 aromatic rings. The van der Waals surface area contributed by atoms with Crippen LogP contribution >= 0.6 is 0 Å². The highest BCUT2D eigenvalue weighted by Crippen LogP contribution is 2.41. The lowest BCUT2D eigenvalue weighted by Gasteiger charge is -2.36. The van der Waals surface area contributed by atoms with Crippen LogP contribution in [0.2, 0.25) is 18.1 Å². The zero-order valence-corrected chi connectivity index (χ0v) is 22.7. The van der Waals surface area contributed by atoms with Crippen LogP contribution in [0.25, 0.3) is 11.3 Å². The maximum atomic E-state index is 11.7.